The highest BCUT2D eigenvalue weighted by Crippen LogP contribution is 2.11. The van der Waals surface area contributed by atoms with Crippen molar-refractivity contribution >= 4 is 15.1 Å². The van der Waals surface area contributed by atoms with Gasteiger partial charge in [0, 0.05) is 7.05 Å². The van der Waals surface area contributed by atoms with Crippen LogP contribution in [0.15, 0.2) is 22.0 Å². The van der Waals surface area contributed by atoms with Crippen molar-refractivity contribution in [1.82, 2.24) is 0 Å². The first-order valence-corrected chi connectivity index (χ1v) is 3.85. The third kappa shape index (κ3) is 3.53. The van der Waals surface area contributed by atoms with Gasteiger partial charge < -0.3 is 4.74 Å². The van der Waals surface area contributed by atoms with E-state index in [0.717, 1.165) is 0 Å². The van der Waals surface area contributed by atoms with Crippen LogP contribution in [0.2, 0.25) is 0 Å². The molecule has 0 rings (SSSR count). The standard InChI is InChI=1S/C6H10FN2O2P/c1-3-4(11-6(7)12)5(8-2)9-10/h3,6H,12H2,1-2H3/b4-3+,8-5+. The first-order valence-electron chi connectivity index (χ1n) is 3.18. The summed E-state index contributed by atoms with van der Waals surface area (Å²) in [4.78, 5) is 13.6. The van der Waals surface area contributed by atoms with Gasteiger partial charge in [0.05, 0.1) is 0 Å². The zero-order valence-corrected chi connectivity index (χ0v) is 7.98. The van der Waals surface area contributed by atoms with Crippen LogP contribution in [0.5, 0.6) is 0 Å². The largest absolute Gasteiger partial charge is 0.454 e. The SMILES string of the molecule is C/C=C(OC(F)P)\C(N=O)=N/C. The number of allylic oxidation sites excluding steroid dienone is 1. The minimum atomic E-state index is -1.56. The fourth-order valence-electron chi connectivity index (χ4n) is 0.567. The van der Waals surface area contributed by atoms with Crippen LogP contribution in [0.3, 0.4) is 0 Å². The predicted octanol–water partition coefficient (Wildman–Crippen LogP) is 1.83. The maximum Gasteiger partial charge on any atom is 0.249 e. The molecule has 0 saturated heterocycles. The molecule has 68 valence electrons. The summed E-state index contributed by atoms with van der Waals surface area (Å²) in [7, 11) is 3.16. The molecule has 0 saturated carbocycles. The molecule has 0 aromatic rings. The first kappa shape index (κ1) is 11.2. The molecule has 0 aliphatic carbocycles. The van der Waals surface area contributed by atoms with Gasteiger partial charge in [0.25, 0.3) is 0 Å². The van der Waals surface area contributed by atoms with Crippen molar-refractivity contribution in [1.29, 1.82) is 0 Å². The lowest BCUT2D eigenvalue weighted by atomic mass is 10.4. The Balaban J connectivity index is 4.46. The number of hydrogen-bond acceptors (Lipinski definition) is 3. The van der Waals surface area contributed by atoms with Crippen LogP contribution >= 0.6 is 9.24 Å². The van der Waals surface area contributed by atoms with Crippen LogP contribution in [-0.4, -0.2) is 19.0 Å². The third-order valence-corrected chi connectivity index (χ3v) is 1.16. The van der Waals surface area contributed by atoms with Crippen LogP contribution in [0, 0.1) is 4.91 Å². The Labute approximate surface area is 72.1 Å². The van der Waals surface area contributed by atoms with E-state index in [1.807, 2.05) is 0 Å². The van der Waals surface area contributed by atoms with E-state index in [0.29, 0.717) is 0 Å². The van der Waals surface area contributed by atoms with E-state index in [-0.39, 0.29) is 11.6 Å². The summed E-state index contributed by atoms with van der Waals surface area (Å²) >= 11 is 0. The molecule has 0 spiro atoms. The Morgan fingerprint density at radius 1 is 1.75 bits per heavy atom. The minimum Gasteiger partial charge on any atom is -0.454 e. The summed E-state index contributed by atoms with van der Waals surface area (Å²) in [6.07, 6.45) is -0.143. The summed E-state index contributed by atoms with van der Waals surface area (Å²) < 4.78 is 16.8. The van der Waals surface area contributed by atoms with E-state index in [1.165, 1.54) is 13.1 Å². The van der Waals surface area contributed by atoms with Crippen molar-refractivity contribution in [3.05, 3.63) is 16.7 Å². The Morgan fingerprint density at radius 2 is 2.33 bits per heavy atom. The second-order valence-electron chi connectivity index (χ2n) is 1.76. The molecule has 0 bridgehead atoms. The summed E-state index contributed by atoms with van der Waals surface area (Å²) in [5.41, 5.74) is 0. The molecule has 0 aliphatic heterocycles. The number of ether oxygens (including phenoxy) is 1. The number of nitroso groups, excluding NO2 is 1. The third-order valence-electron chi connectivity index (χ3n) is 1.02. The van der Waals surface area contributed by atoms with Gasteiger partial charge in [-0.15, -0.1) is 4.91 Å². The Bertz CT molecular complexity index is 216. The highest BCUT2D eigenvalue weighted by Gasteiger charge is 2.10. The zero-order chi connectivity index (χ0) is 9.56. The van der Waals surface area contributed by atoms with E-state index in [1.54, 1.807) is 16.2 Å². The van der Waals surface area contributed by atoms with Crippen molar-refractivity contribution in [3.8, 4) is 0 Å². The molecule has 2 atom stereocenters. The molecular weight excluding hydrogens is 182 g/mol. The summed E-state index contributed by atoms with van der Waals surface area (Å²) in [6, 6.07) is 0. The molecule has 0 heterocycles. The molecule has 6 heteroatoms. The number of alkyl halides is 1. The molecule has 0 amide bonds. The first-order chi connectivity index (χ1) is 5.65. The lowest BCUT2D eigenvalue weighted by Gasteiger charge is -2.07. The monoisotopic (exact) mass is 192 g/mol. The molecule has 0 aliphatic rings. The average molecular weight is 192 g/mol. The molecule has 0 fully saturated rings. The fourth-order valence-corrected chi connectivity index (χ4v) is 0.714. The number of hydrogen-bond donors (Lipinski definition) is 0. The van der Waals surface area contributed by atoms with Gasteiger partial charge in [0.1, 0.15) is 0 Å². The number of rotatable bonds is 3. The van der Waals surface area contributed by atoms with Crippen molar-refractivity contribution in [3.63, 3.8) is 0 Å². The molecule has 4 nitrogen and oxygen atoms in total. The normalized spacial score (nSPS) is 15.7. The second-order valence-corrected chi connectivity index (χ2v) is 2.28. The van der Waals surface area contributed by atoms with Gasteiger partial charge in [-0.3, -0.25) is 4.99 Å². The lowest BCUT2D eigenvalue weighted by Crippen LogP contribution is -2.06. The molecule has 0 aromatic carbocycles. The van der Waals surface area contributed by atoms with E-state index in [4.69, 9.17) is 0 Å². The number of aliphatic imine (C=N–C) groups is 1. The second kappa shape index (κ2) is 5.77. The average Bonchev–Trinajstić information content (AvgIpc) is 2.04. The molecule has 0 radical (unpaired) electrons. The quantitative estimate of drug-likeness (QED) is 0.225. The van der Waals surface area contributed by atoms with Crippen molar-refractivity contribution in [2.75, 3.05) is 7.05 Å². The molecule has 2 unspecified atom stereocenters. The van der Waals surface area contributed by atoms with E-state index < -0.39 is 6.10 Å². The number of nitrogens with zero attached hydrogens (tertiary/aromatic N) is 2. The topological polar surface area (TPSA) is 51.0 Å². The van der Waals surface area contributed by atoms with Gasteiger partial charge in [-0.05, 0) is 18.2 Å². The van der Waals surface area contributed by atoms with E-state index >= 15 is 0 Å². The van der Waals surface area contributed by atoms with Gasteiger partial charge in [-0.25, -0.2) is 0 Å². The van der Waals surface area contributed by atoms with E-state index in [2.05, 4.69) is 14.9 Å². The van der Waals surface area contributed by atoms with Crippen LogP contribution in [0.1, 0.15) is 6.92 Å². The van der Waals surface area contributed by atoms with Crippen LogP contribution in [0.25, 0.3) is 0 Å². The van der Waals surface area contributed by atoms with Gasteiger partial charge in [0.15, 0.2) is 5.76 Å². The van der Waals surface area contributed by atoms with Crippen LogP contribution in [0.4, 0.5) is 4.39 Å². The Morgan fingerprint density at radius 3 is 2.58 bits per heavy atom. The van der Waals surface area contributed by atoms with Gasteiger partial charge in [0.2, 0.25) is 11.9 Å². The maximum absolute atomic E-state index is 12.3. The molecule has 0 aromatic heterocycles. The molecular formula is C6H10FN2O2P. The van der Waals surface area contributed by atoms with Gasteiger partial charge >= 0.3 is 0 Å². The lowest BCUT2D eigenvalue weighted by molar-refractivity contribution is 0.0922. The smallest absolute Gasteiger partial charge is 0.249 e. The predicted molar refractivity (Wildman–Crippen MR) is 48.6 cm³/mol. The van der Waals surface area contributed by atoms with Gasteiger partial charge in [-0.2, -0.15) is 4.39 Å². The highest BCUT2D eigenvalue weighted by molar-refractivity contribution is 7.16. The number of amidine groups is 1. The van der Waals surface area contributed by atoms with E-state index in [9.17, 15) is 9.30 Å². The minimum absolute atomic E-state index is 0.0370. The van der Waals surface area contributed by atoms with Crippen molar-refractivity contribution in [2.24, 2.45) is 10.2 Å². The van der Waals surface area contributed by atoms with Crippen LogP contribution < -0.4 is 0 Å². The maximum atomic E-state index is 12.3. The van der Waals surface area contributed by atoms with Crippen LogP contribution in [-0.2, 0) is 4.74 Å². The Kier molecular flexibility index (Phi) is 5.37. The van der Waals surface area contributed by atoms with Crippen molar-refractivity contribution < 1.29 is 9.13 Å². The molecule has 0 N–H and O–H groups in total. The molecule has 12 heavy (non-hydrogen) atoms. The van der Waals surface area contributed by atoms with Crippen molar-refractivity contribution in [2.45, 2.75) is 13.0 Å². The zero-order valence-electron chi connectivity index (χ0n) is 6.82. The summed E-state index contributed by atoms with van der Waals surface area (Å²) in [6.45, 7) is 1.60. The number of halogens is 1. The highest BCUT2D eigenvalue weighted by atomic mass is 31.0. The van der Waals surface area contributed by atoms with Gasteiger partial charge in [-0.1, -0.05) is 9.24 Å². The fraction of sp³-hybridized carbons (Fsp3) is 0.500. The summed E-state index contributed by atoms with van der Waals surface area (Å²) in [5.74, 6) is -0.113. The summed E-state index contributed by atoms with van der Waals surface area (Å²) in [5, 5.41) is 2.56. The Hall–Kier alpha value is -0.830.